The molecule has 2 amide bonds. The number of carbonyl (C=O) groups is 3. The molecule has 1 fully saturated rings. The van der Waals surface area contributed by atoms with Crippen LogP contribution < -0.4 is 11.1 Å². The zero-order chi connectivity index (χ0) is 13.0. The first-order valence-corrected chi connectivity index (χ1v) is 5.35. The molecule has 4 N–H and O–H groups in total. The Morgan fingerprint density at radius 2 is 2.18 bits per heavy atom. The van der Waals surface area contributed by atoms with Gasteiger partial charge in [0.1, 0.15) is 6.04 Å². The van der Waals surface area contributed by atoms with Gasteiger partial charge in [-0.2, -0.15) is 0 Å². The van der Waals surface area contributed by atoms with E-state index >= 15 is 0 Å². The minimum absolute atomic E-state index is 0.238. The normalized spacial score (nSPS) is 25.2. The average Bonchev–Trinajstić information content (AvgIpc) is 2.62. The summed E-state index contributed by atoms with van der Waals surface area (Å²) in [6.45, 7) is 2.23. The number of primary amides is 1. The van der Waals surface area contributed by atoms with Gasteiger partial charge in [-0.05, 0) is 13.3 Å². The molecule has 0 saturated carbocycles. The third-order valence-corrected chi connectivity index (χ3v) is 2.73. The molecule has 0 radical (unpaired) electrons. The number of nitrogens with one attached hydrogen (secondary N) is 1. The number of hydrogen-bond donors (Lipinski definition) is 3. The zero-order valence-corrected chi connectivity index (χ0v) is 9.51. The summed E-state index contributed by atoms with van der Waals surface area (Å²) in [5.41, 5.74) is 4.91. The molecule has 3 unspecified atom stereocenters. The molecule has 0 spiro atoms. The summed E-state index contributed by atoms with van der Waals surface area (Å²) in [4.78, 5) is 33.2. The van der Waals surface area contributed by atoms with Gasteiger partial charge in [-0.1, -0.05) is 0 Å². The first kappa shape index (κ1) is 13.4. The van der Waals surface area contributed by atoms with Crippen LogP contribution in [0.25, 0.3) is 0 Å². The Kier molecular flexibility index (Phi) is 4.45. The number of hydrogen-bond acceptors (Lipinski definition) is 4. The predicted octanol–water partition coefficient (Wildman–Crippen LogP) is -1.14. The van der Waals surface area contributed by atoms with E-state index in [1.807, 2.05) is 0 Å². The molecule has 0 aromatic heterocycles. The first-order chi connectivity index (χ1) is 7.91. The molecule has 0 aromatic carbocycles. The van der Waals surface area contributed by atoms with Crippen molar-refractivity contribution in [2.24, 2.45) is 11.7 Å². The predicted molar refractivity (Wildman–Crippen MR) is 56.9 cm³/mol. The minimum atomic E-state index is -1.27. The van der Waals surface area contributed by atoms with Crippen molar-refractivity contribution in [3.63, 3.8) is 0 Å². The minimum Gasteiger partial charge on any atom is -0.480 e. The molecular weight excluding hydrogens is 228 g/mol. The van der Waals surface area contributed by atoms with Crippen molar-refractivity contribution in [1.29, 1.82) is 0 Å². The van der Waals surface area contributed by atoms with E-state index in [1.165, 1.54) is 0 Å². The second kappa shape index (κ2) is 5.62. The van der Waals surface area contributed by atoms with E-state index in [0.29, 0.717) is 13.0 Å². The number of carbonyl (C=O) groups excluding carboxylic acids is 2. The van der Waals surface area contributed by atoms with Crippen molar-refractivity contribution in [3.05, 3.63) is 0 Å². The summed E-state index contributed by atoms with van der Waals surface area (Å²) in [5.74, 6) is -2.83. The number of amides is 2. The fraction of sp³-hybridized carbons (Fsp3) is 0.700. The van der Waals surface area contributed by atoms with Gasteiger partial charge < -0.3 is 20.9 Å². The largest absolute Gasteiger partial charge is 0.480 e. The van der Waals surface area contributed by atoms with Crippen LogP contribution in [-0.4, -0.2) is 41.6 Å². The lowest BCUT2D eigenvalue weighted by Gasteiger charge is -2.18. The van der Waals surface area contributed by atoms with E-state index in [0.717, 1.165) is 0 Å². The Morgan fingerprint density at radius 1 is 1.53 bits per heavy atom. The standard InChI is InChI=1S/C10H16N2O5/c1-5-6(2-3-17-5)9(14)12-7(10(15)16)4-8(11)13/h5-7H,2-4H2,1H3,(H2,11,13)(H,12,14)(H,15,16). The maximum atomic E-state index is 11.7. The van der Waals surface area contributed by atoms with E-state index in [1.54, 1.807) is 6.92 Å². The monoisotopic (exact) mass is 244 g/mol. The van der Waals surface area contributed by atoms with Crippen molar-refractivity contribution < 1.29 is 24.2 Å². The number of aliphatic carboxylic acids is 1. The molecular formula is C10H16N2O5. The molecule has 1 aliphatic heterocycles. The molecule has 1 heterocycles. The van der Waals surface area contributed by atoms with Crippen LogP contribution in [0.4, 0.5) is 0 Å². The van der Waals surface area contributed by atoms with E-state index in [9.17, 15) is 14.4 Å². The number of carboxylic acid groups (broad SMARTS) is 1. The molecule has 96 valence electrons. The fourth-order valence-corrected chi connectivity index (χ4v) is 1.76. The van der Waals surface area contributed by atoms with Crippen LogP contribution in [0.2, 0.25) is 0 Å². The van der Waals surface area contributed by atoms with Crippen LogP contribution in [0.15, 0.2) is 0 Å². The number of rotatable bonds is 5. The number of nitrogens with two attached hydrogens (primary N) is 1. The molecule has 0 bridgehead atoms. The van der Waals surface area contributed by atoms with Crippen LogP contribution in [0.1, 0.15) is 19.8 Å². The molecule has 7 heteroatoms. The molecule has 1 aliphatic rings. The van der Waals surface area contributed by atoms with Crippen molar-refractivity contribution >= 4 is 17.8 Å². The Hall–Kier alpha value is -1.63. The lowest BCUT2D eigenvalue weighted by Crippen LogP contribution is -2.46. The second-order valence-corrected chi connectivity index (χ2v) is 4.04. The lowest BCUT2D eigenvalue weighted by molar-refractivity contribution is -0.144. The van der Waals surface area contributed by atoms with Crippen molar-refractivity contribution in [1.82, 2.24) is 5.32 Å². The Bertz CT molecular complexity index is 331. The average molecular weight is 244 g/mol. The van der Waals surface area contributed by atoms with Crippen molar-refractivity contribution in [2.45, 2.75) is 31.9 Å². The summed E-state index contributed by atoms with van der Waals surface area (Å²) in [6, 6.07) is -1.27. The lowest BCUT2D eigenvalue weighted by atomic mass is 10.0. The first-order valence-electron chi connectivity index (χ1n) is 5.35. The van der Waals surface area contributed by atoms with Gasteiger partial charge in [-0.3, -0.25) is 9.59 Å². The third kappa shape index (κ3) is 3.70. The quantitative estimate of drug-likeness (QED) is 0.564. The Labute approximate surface area is 98.3 Å². The van der Waals surface area contributed by atoms with E-state index in [-0.39, 0.29) is 12.0 Å². The van der Waals surface area contributed by atoms with Crippen LogP contribution >= 0.6 is 0 Å². The van der Waals surface area contributed by atoms with Gasteiger partial charge in [0.25, 0.3) is 0 Å². The summed E-state index contributed by atoms with van der Waals surface area (Å²) in [7, 11) is 0. The molecule has 17 heavy (non-hydrogen) atoms. The van der Waals surface area contributed by atoms with Gasteiger partial charge in [-0.25, -0.2) is 4.79 Å². The van der Waals surface area contributed by atoms with E-state index in [2.05, 4.69) is 5.32 Å². The highest BCUT2D eigenvalue weighted by molar-refractivity contribution is 5.89. The smallest absolute Gasteiger partial charge is 0.326 e. The van der Waals surface area contributed by atoms with Crippen LogP contribution in [0.5, 0.6) is 0 Å². The fourth-order valence-electron chi connectivity index (χ4n) is 1.76. The van der Waals surface area contributed by atoms with E-state index in [4.69, 9.17) is 15.6 Å². The topological polar surface area (TPSA) is 119 Å². The van der Waals surface area contributed by atoms with Crippen LogP contribution in [0, 0.1) is 5.92 Å². The molecule has 3 atom stereocenters. The molecule has 0 aliphatic carbocycles. The van der Waals surface area contributed by atoms with Crippen molar-refractivity contribution in [3.8, 4) is 0 Å². The molecule has 1 saturated heterocycles. The molecule has 1 rings (SSSR count). The summed E-state index contributed by atoms with van der Waals surface area (Å²) < 4.78 is 5.21. The highest BCUT2D eigenvalue weighted by atomic mass is 16.5. The second-order valence-electron chi connectivity index (χ2n) is 4.04. The van der Waals surface area contributed by atoms with Gasteiger partial charge in [0.05, 0.1) is 18.4 Å². The van der Waals surface area contributed by atoms with Gasteiger partial charge in [-0.15, -0.1) is 0 Å². The van der Waals surface area contributed by atoms with Gasteiger partial charge >= 0.3 is 5.97 Å². The summed E-state index contributed by atoms with van der Waals surface area (Å²) in [6.07, 6.45) is -0.100. The molecule has 7 nitrogen and oxygen atoms in total. The van der Waals surface area contributed by atoms with Gasteiger partial charge in [0.2, 0.25) is 11.8 Å². The maximum absolute atomic E-state index is 11.7. The highest BCUT2D eigenvalue weighted by Crippen LogP contribution is 2.20. The Balaban J connectivity index is 2.57. The Morgan fingerprint density at radius 3 is 2.59 bits per heavy atom. The van der Waals surface area contributed by atoms with Crippen LogP contribution in [-0.2, 0) is 19.1 Å². The van der Waals surface area contributed by atoms with Gasteiger partial charge in [0, 0.05) is 6.61 Å². The maximum Gasteiger partial charge on any atom is 0.326 e. The third-order valence-electron chi connectivity index (χ3n) is 2.73. The van der Waals surface area contributed by atoms with Gasteiger partial charge in [0.15, 0.2) is 0 Å². The SMILES string of the molecule is CC1OCCC1C(=O)NC(CC(N)=O)C(=O)O. The van der Waals surface area contributed by atoms with E-state index < -0.39 is 30.2 Å². The summed E-state index contributed by atoms with van der Waals surface area (Å²) >= 11 is 0. The van der Waals surface area contributed by atoms with Crippen molar-refractivity contribution in [2.75, 3.05) is 6.61 Å². The molecule has 0 aromatic rings. The number of carboxylic acids is 1. The summed E-state index contributed by atoms with van der Waals surface area (Å²) in [5, 5.41) is 11.1. The van der Waals surface area contributed by atoms with Crippen LogP contribution in [0.3, 0.4) is 0 Å². The zero-order valence-electron chi connectivity index (χ0n) is 9.51. The number of ether oxygens (including phenoxy) is 1. The highest BCUT2D eigenvalue weighted by Gasteiger charge is 2.33.